The Kier molecular flexibility index (Phi) is 6.37. The van der Waals surface area contributed by atoms with Crippen LogP contribution in [0.2, 0.25) is 5.02 Å². The molecule has 0 bridgehead atoms. The van der Waals surface area contributed by atoms with Crippen LogP contribution >= 0.6 is 11.6 Å². The maximum atomic E-state index is 13.1. The maximum Gasteiger partial charge on any atom is 0.282 e. The third-order valence-electron chi connectivity index (χ3n) is 4.73. The van der Waals surface area contributed by atoms with Crippen LogP contribution in [-0.2, 0) is 6.61 Å². The fourth-order valence-electron chi connectivity index (χ4n) is 3.12. The molecule has 0 radical (unpaired) electrons. The molecule has 0 saturated carbocycles. The zero-order chi connectivity index (χ0) is 22.5. The molecule has 7 nitrogen and oxygen atoms in total. The first-order chi connectivity index (χ1) is 15.6. The first kappa shape index (κ1) is 21.4. The molecule has 4 rings (SSSR count). The second kappa shape index (κ2) is 9.53. The average Bonchev–Trinajstić information content (AvgIpc) is 2.83. The lowest BCUT2D eigenvalue weighted by atomic mass is 10.2. The van der Waals surface area contributed by atoms with Gasteiger partial charge in [0.1, 0.15) is 12.4 Å². The summed E-state index contributed by atoms with van der Waals surface area (Å²) in [4.78, 5) is 17.7. The van der Waals surface area contributed by atoms with E-state index in [2.05, 4.69) is 10.1 Å². The van der Waals surface area contributed by atoms with Crippen LogP contribution in [0.4, 0.5) is 0 Å². The topological polar surface area (TPSA) is 74.9 Å². The lowest BCUT2D eigenvalue weighted by Crippen LogP contribution is -2.23. The SMILES string of the molecule is COc1ccc(C=Nn2c(COc3ccc(Cl)cc3)nc3ccccc3c2=O)cc1OC. The zero-order valence-electron chi connectivity index (χ0n) is 17.5. The number of halogens is 1. The van der Waals surface area contributed by atoms with E-state index in [-0.39, 0.29) is 12.2 Å². The third-order valence-corrected chi connectivity index (χ3v) is 4.98. The number of nitrogens with zero attached hydrogens (tertiary/aromatic N) is 3. The smallest absolute Gasteiger partial charge is 0.282 e. The van der Waals surface area contributed by atoms with Crippen LogP contribution in [0, 0.1) is 0 Å². The Morgan fingerprint density at radius 2 is 1.75 bits per heavy atom. The van der Waals surface area contributed by atoms with Crippen molar-refractivity contribution in [2.45, 2.75) is 6.61 Å². The number of hydrogen-bond acceptors (Lipinski definition) is 6. The van der Waals surface area contributed by atoms with Crippen LogP contribution in [0.25, 0.3) is 10.9 Å². The van der Waals surface area contributed by atoms with Gasteiger partial charge < -0.3 is 14.2 Å². The molecule has 0 aliphatic heterocycles. The van der Waals surface area contributed by atoms with Crippen LogP contribution < -0.4 is 19.8 Å². The highest BCUT2D eigenvalue weighted by Gasteiger charge is 2.11. The fourth-order valence-corrected chi connectivity index (χ4v) is 3.24. The van der Waals surface area contributed by atoms with Crippen LogP contribution in [0.5, 0.6) is 17.2 Å². The summed E-state index contributed by atoms with van der Waals surface area (Å²) < 4.78 is 17.7. The summed E-state index contributed by atoms with van der Waals surface area (Å²) >= 11 is 5.93. The predicted octanol–water partition coefficient (Wildman–Crippen LogP) is 4.53. The highest BCUT2D eigenvalue weighted by atomic mass is 35.5. The van der Waals surface area contributed by atoms with E-state index in [4.69, 9.17) is 25.8 Å². The van der Waals surface area contributed by atoms with Crippen LogP contribution in [0.15, 0.2) is 76.6 Å². The second-order valence-corrected chi connectivity index (χ2v) is 7.20. The molecule has 1 aromatic heterocycles. The van der Waals surface area contributed by atoms with Gasteiger partial charge in [0.25, 0.3) is 5.56 Å². The van der Waals surface area contributed by atoms with Crippen LogP contribution in [0.3, 0.4) is 0 Å². The van der Waals surface area contributed by atoms with Crippen molar-refractivity contribution in [3.8, 4) is 17.2 Å². The highest BCUT2D eigenvalue weighted by Crippen LogP contribution is 2.27. The number of fused-ring (bicyclic) bond motifs is 1. The summed E-state index contributed by atoms with van der Waals surface area (Å²) in [5.74, 6) is 2.13. The Balaban J connectivity index is 1.72. The molecular weight excluding hydrogens is 430 g/mol. The molecule has 3 aromatic carbocycles. The Bertz CT molecular complexity index is 1330. The predicted molar refractivity (Wildman–Crippen MR) is 124 cm³/mol. The van der Waals surface area contributed by atoms with Gasteiger partial charge >= 0.3 is 0 Å². The summed E-state index contributed by atoms with van der Waals surface area (Å²) in [6, 6.07) is 19.4. The molecule has 0 aliphatic carbocycles. The van der Waals surface area contributed by atoms with Crippen molar-refractivity contribution >= 4 is 28.7 Å². The highest BCUT2D eigenvalue weighted by molar-refractivity contribution is 6.30. The minimum atomic E-state index is -0.290. The van der Waals surface area contributed by atoms with Gasteiger partial charge in [-0.15, -0.1) is 0 Å². The van der Waals surface area contributed by atoms with E-state index in [0.717, 1.165) is 5.56 Å². The molecule has 0 N–H and O–H groups in total. The van der Waals surface area contributed by atoms with E-state index in [1.165, 1.54) is 4.68 Å². The van der Waals surface area contributed by atoms with Gasteiger partial charge in [0, 0.05) is 5.02 Å². The van der Waals surface area contributed by atoms with Gasteiger partial charge in [-0.25, -0.2) is 4.98 Å². The van der Waals surface area contributed by atoms with E-state index in [9.17, 15) is 4.79 Å². The molecule has 32 heavy (non-hydrogen) atoms. The van der Waals surface area contributed by atoms with E-state index in [1.807, 2.05) is 12.1 Å². The van der Waals surface area contributed by atoms with Crippen LogP contribution in [0.1, 0.15) is 11.4 Å². The number of hydrogen-bond donors (Lipinski definition) is 0. The summed E-state index contributed by atoms with van der Waals surface area (Å²) in [5.41, 5.74) is 1.01. The number of rotatable bonds is 7. The van der Waals surface area contributed by atoms with Crippen molar-refractivity contribution in [3.05, 3.63) is 93.5 Å². The monoisotopic (exact) mass is 449 g/mol. The molecule has 0 unspecified atom stereocenters. The summed E-state index contributed by atoms with van der Waals surface area (Å²) in [7, 11) is 3.13. The van der Waals surface area contributed by atoms with Crippen molar-refractivity contribution in [2.75, 3.05) is 14.2 Å². The Labute approximate surface area is 189 Å². The first-order valence-electron chi connectivity index (χ1n) is 9.74. The van der Waals surface area contributed by atoms with Gasteiger partial charge in [-0.2, -0.15) is 9.78 Å². The number of benzene rings is 3. The second-order valence-electron chi connectivity index (χ2n) is 6.76. The molecule has 0 atom stereocenters. The van der Waals surface area contributed by atoms with Crippen molar-refractivity contribution in [3.63, 3.8) is 0 Å². The van der Waals surface area contributed by atoms with Crippen molar-refractivity contribution < 1.29 is 14.2 Å². The molecule has 0 saturated heterocycles. The first-order valence-corrected chi connectivity index (χ1v) is 10.1. The zero-order valence-corrected chi connectivity index (χ0v) is 18.2. The minimum absolute atomic E-state index is 0.0466. The number of para-hydroxylation sites is 1. The van der Waals surface area contributed by atoms with Crippen LogP contribution in [-0.4, -0.2) is 30.1 Å². The lowest BCUT2D eigenvalue weighted by molar-refractivity contribution is 0.289. The van der Waals surface area contributed by atoms with E-state index in [1.54, 1.807) is 75.0 Å². The average molecular weight is 450 g/mol. The summed E-state index contributed by atoms with van der Waals surface area (Å²) in [5, 5.41) is 5.48. The Morgan fingerprint density at radius 3 is 2.50 bits per heavy atom. The van der Waals surface area contributed by atoms with Crippen molar-refractivity contribution in [1.82, 2.24) is 9.66 Å². The number of aromatic nitrogens is 2. The molecule has 1 heterocycles. The standard InChI is InChI=1S/C24H20ClN3O4/c1-30-21-12-7-16(13-22(21)31-2)14-26-28-23(15-32-18-10-8-17(25)9-11-18)27-20-6-4-3-5-19(20)24(28)29/h3-14H,15H2,1-2H3. The normalized spacial score (nSPS) is 11.1. The van der Waals surface area contributed by atoms with E-state index in [0.29, 0.717) is 39.0 Å². The van der Waals surface area contributed by atoms with Gasteiger partial charge in [-0.1, -0.05) is 23.7 Å². The third kappa shape index (κ3) is 4.58. The minimum Gasteiger partial charge on any atom is -0.493 e. The molecule has 0 fully saturated rings. The van der Waals surface area contributed by atoms with Crippen molar-refractivity contribution in [2.24, 2.45) is 5.10 Å². The van der Waals surface area contributed by atoms with Gasteiger partial charge in [-0.3, -0.25) is 4.79 Å². The lowest BCUT2D eigenvalue weighted by Gasteiger charge is -2.11. The molecular formula is C24H20ClN3O4. The van der Waals surface area contributed by atoms with Gasteiger partial charge in [0.15, 0.2) is 17.3 Å². The molecule has 0 amide bonds. The van der Waals surface area contributed by atoms with Gasteiger partial charge in [0.05, 0.1) is 31.3 Å². The number of ether oxygens (including phenoxy) is 3. The number of methoxy groups -OCH3 is 2. The molecule has 162 valence electrons. The molecule has 0 aliphatic rings. The van der Waals surface area contributed by atoms with E-state index >= 15 is 0 Å². The van der Waals surface area contributed by atoms with Gasteiger partial charge in [0.2, 0.25) is 0 Å². The summed E-state index contributed by atoms with van der Waals surface area (Å²) in [6.07, 6.45) is 1.56. The Hall–Kier alpha value is -3.84. The van der Waals surface area contributed by atoms with Gasteiger partial charge in [-0.05, 0) is 60.2 Å². The summed E-state index contributed by atoms with van der Waals surface area (Å²) in [6.45, 7) is 0.0466. The van der Waals surface area contributed by atoms with E-state index < -0.39 is 0 Å². The largest absolute Gasteiger partial charge is 0.493 e. The molecule has 8 heteroatoms. The van der Waals surface area contributed by atoms with Crippen molar-refractivity contribution in [1.29, 1.82) is 0 Å². The maximum absolute atomic E-state index is 13.1. The fraction of sp³-hybridized carbons (Fsp3) is 0.125. The molecule has 0 spiro atoms. The quantitative estimate of drug-likeness (QED) is 0.387. The Morgan fingerprint density at radius 1 is 1.00 bits per heavy atom. The molecule has 4 aromatic rings.